The Labute approximate surface area is 157 Å². The molecule has 128 valence electrons. The second-order valence-corrected chi connectivity index (χ2v) is 8.64. The highest BCUT2D eigenvalue weighted by atomic mass is 35.5. The summed E-state index contributed by atoms with van der Waals surface area (Å²) in [4.78, 5) is 1.49. The number of hydrogen-bond acceptors (Lipinski definition) is 2. The summed E-state index contributed by atoms with van der Waals surface area (Å²) >= 11 is 6.73. The molecule has 0 amide bonds. The molecule has 0 aliphatic rings. The van der Waals surface area contributed by atoms with E-state index in [-0.39, 0.29) is 0 Å². The molecule has 0 aliphatic heterocycles. The molecule has 5 heteroatoms. The summed E-state index contributed by atoms with van der Waals surface area (Å²) in [5, 5.41) is 0.568. The van der Waals surface area contributed by atoms with Gasteiger partial charge in [-0.25, -0.2) is 0 Å². The predicted octanol–water partition coefficient (Wildman–Crippen LogP) is 5.15. The van der Waals surface area contributed by atoms with Crippen molar-refractivity contribution in [1.82, 2.24) is 0 Å². The maximum atomic E-state index is 12.1. The van der Waals surface area contributed by atoms with Crippen LogP contribution in [0.25, 0.3) is 22.3 Å². The van der Waals surface area contributed by atoms with Crippen LogP contribution in [-0.2, 0) is 21.6 Å². The Kier molecular flexibility index (Phi) is 5.52. The zero-order chi connectivity index (χ0) is 18.0. The smallest absolute Gasteiger partial charge is 0.0563 e. The van der Waals surface area contributed by atoms with Crippen LogP contribution >= 0.6 is 11.6 Å². The fourth-order valence-electron chi connectivity index (χ4n) is 2.83. The maximum Gasteiger partial charge on any atom is 0.0563 e. The number of halogens is 1. The Hall–Kier alpha value is -1.75. The monoisotopic (exact) mass is 388 g/mol. The number of rotatable bonds is 4. The van der Waals surface area contributed by atoms with E-state index in [1.807, 2.05) is 66.7 Å². The Morgan fingerprint density at radius 1 is 0.600 bits per heavy atom. The van der Waals surface area contributed by atoms with Crippen molar-refractivity contribution in [3.63, 3.8) is 0 Å². The van der Waals surface area contributed by atoms with Crippen molar-refractivity contribution in [3.8, 4) is 22.3 Å². The number of benzene rings is 3. The van der Waals surface area contributed by atoms with Gasteiger partial charge < -0.3 is 0 Å². The van der Waals surface area contributed by atoms with Crippen LogP contribution in [0.4, 0.5) is 0 Å². The molecule has 3 rings (SSSR count). The van der Waals surface area contributed by atoms with Gasteiger partial charge in [-0.3, -0.25) is 8.42 Å². The van der Waals surface area contributed by atoms with Gasteiger partial charge in [0, 0.05) is 33.4 Å². The second kappa shape index (κ2) is 7.65. The minimum Gasteiger partial charge on any atom is -0.255 e. The number of hydrogen-bond donors (Lipinski definition) is 0. The van der Waals surface area contributed by atoms with Gasteiger partial charge in [0.2, 0.25) is 0 Å². The van der Waals surface area contributed by atoms with E-state index in [0.717, 1.165) is 32.0 Å². The molecule has 0 heterocycles. The molecule has 2 unspecified atom stereocenters. The molecule has 3 aromatic carbocycles. The van der Waals surface area contributed by atoms with Crippen molar-refractivity contribution >= 4 is 33.2 Å². The third kappa shape index (κ3) is 3.61. The van der Waals surface area contributed by atoms with Crippen molar-refractivity contribution in [2.45, 2.75) is 9.79 Å². The molecule has 0 saturated heterocycles. The van der Waals surface area contributed by atoms with E-state index in [4.69, 9.17) is 11.6 Å². The molecule has 0 fully saturated rings. The molecule has 0 radical (unpaired) electrons. The summed E-state index contributed by atoms with van der Waals surface area (Å²) in [5.74, 6) is 0. The lowest BCUT2D eigenvalue weighted by Crippen LogP contribution is -1.95. The minimum atomic E-state index is -1.12. The van der Waals surface area contributed by atoms with Crippen LogP contribution in [0, 0.1) is 0 Å². The lowest BCUT2D eigenvalue weighted by molar-refractivity contribution is 0.686. The summed E-state index contributed by atoms with van der Waals surface area (Å²) in [6, 6.07) is 20.9. The van der Waals surface area contributed by atoms with Gasteiger partial charge in [-0.15, -0.1) is 0 Å². The highest BCUT2D eigenvalue weighted by molar-refractivity contribution is 7.84. The Bertz CT molecular complexity index is 907. The fourth-order valence-corrected chi connectivity index (χ4v) is 4.67. The summed E-state index contributed by atoms with van der Waals surface area (Å²) < 4.78 is 24.2. The maximum absolute atomic E-state index is 12.1. The molecule has 0 saturated carbocycles. The van der Waals surface area contributed by atoms with Gasteiger partial charge in [0.15, 0.2) is 0 Å². The summed E-state index contributed by atoms with van der Waals surface area (Å²) in [6.07, 6.45) is 3.32. The highest BCUT2D eigenvalue weighted by Crippen LogP contribution is 2.39. The minimum absolute atomic E-state index is 0.568. The molecule has 0 spiro atoms. The highest BCUT2D eigenvalue weighted by Gasteiger charge is 2.16. The molecular weight excluding hydrogens is 372 g/mol. The van der Waals surface area contributed by atoms with Gasteiger partial charge >= 0.3 is 0 Å². The van der Waals surface area contributed by atoms with E-state index in [1.165, 1.54) is 0 Å². The molecule has 0 aliphatic carbocycles. The van der Waals surface area contributed by atoms with Crippen LogP contribution < -0.4 is 0 Å². The van der Waals surface area contributed by atoms with Gasteiger partial charge in [0.1, 0.15) is 0 Å². The van der Waals surface area contributed by atoms with Crippen molar-refractivity contribution in [2.75, 3.05) is 12.5 Å². The van der Waals surface area contributed by atoms with Crippen LogP contribution in [-0.4, -0.2) is 20.9 Å². The van der Waals surface area contributed by atoms with Crippen molar-refractivity contribution in [3.05, 3.63) is 71.8 Å². The molecule has 0 N–H and O–H groups in total. The van der Waals surface area contributed by atoms with Crippen molar-refractivity contribution in [2.24, 2.45) is 0 Å². The van der Waals surface area contributed by atoms with Crippen LogP contribution in [0.2, 0.25) is 5.02 Å². The zero-order valence-electron chi connectivity index (χ0n) is 13.9. The van der Waals surface area contributed by atoms with Gasteiger partial charge in [-0.1, -0.05) is 66.2 Å². The average molecular weight is 389 g/mol. The SMILES string of the molecule is CS(=O)c1ccccc1-c1cccc(-c2ccccc2S(C)=O)c1Cl. The Morgan fingerprint density at radius 2 is 0.960 bits per heavy atom. The van der Waals surface area contributed by atoms with Gasteiger partial charge in [0.05, 0.1) is 26.6 Å². The van der Waals surface area contributed by atoms with Crippen molar-refractivity contribution in [1.29, 1.82) is 0 Å². The molecule has 2 nitrogen and oxygen atoms in total. The summed E-state index contributed by atoms with van der Waals surface area (Å²) in [6.45, 7) is 0. The van der Waals surface area contributed by atoms with E-state index in [1.54, 1.807) is 12.5 Å². The fraction of sp³-hybridized carbons (Fsp3) is 0.100. The van der Waals surface area contributed by atoms with E-state index >= 15 is 0 Å². The molecule has 0 bridgehead atoms. The van der Waals surface area contributed by atoms with Gasteiger partial charge in [0.25, 0.3) is 0 Å². The van der Waals surface area contributed by atoms with Crippen LogP contribution in [0.3, 0.4) is 0 Å². The van der Waals surface area contributed by atoms with Crippen LogP contribution in [0.1, 0.15) is 0 Å². The lowest BCUT2D eigenvalue weighted by atomic mass is 9.98. The predicted molar refractivity (Wildman–Crippen MR) is 107 cm³/mol. The van der Waals surface area contributed by atoms with Crippen molar-refractivity contribution < 1.29 is 8.42 Å². The first-order valence-electron chi connectivity index (χ1n) is 7.65. The third-order valence-corrected chi connectivity index (χ3v) is 6.33. The molecule has 2 atom stereocenters. The summed E-state index contributed by atoms with van der Waals surface area (Å²) in [5.41, 5.74) is 3.35. The average Bonchev–Trinajstić information content (AvgIpc) is 2.62. The Balaban J connectivity index is 2.25. The van der Waals surface area contributed by atoms with E-state index in [0.29, 0.717) is 5.02 Å². The zero-order valence-corrected chi connectivity index (χ0v) is 16.3. The topological polar surface area (TPSA) is 34.1 Å². The van der Waals surface area contributed by atoms with Crippen LogP contribution in [0.5, 0.6) is 0 Å². The first kappa shape index (κ1) is 18.1. The second-order valence-electron chi connectivity index (χ2n) is 5.57. The normalized spacial score (nSPS) is 13.4. The van der Waals surface area contributed by atoms with Crippen LogP contribution in [0.15, 0.2) is 76.5 Å². The molecular formula is C20H17ClO2S2. The largest absolute Gasteiger partial charge is 0.255 e. The lowest BCUT2D eigenvalue weighted by Gasteiger charge is -2.14. The molecule has 0 aromatic heterocycles. The van der Waals surface area contributed by atoms with Gasteiger partial charge in [-0.05, 0) is 23.3 Å². The molecule has 25 heavy (non-hydrogen) atoms. The standard InChI is InChI=1S/C20H17ClO2S2/c1-24(22)18-12-5-3-8-14(18)16-10-7-11-17(20(16)21)15-9-4-6-13-19(15)25(2)23/h3-13H,1-2H3. The molecule has 3 aromatic rings. The Morgan fingerprint density at radius 3 is 1.36 bits per heavy atom. The first-order chi connectivity index (χ1) is 12.0. The third-order valence-electron chi connectivity index (χ3n) is 3.97. The van der Waals surface area contributed by atoms with Gasteiger partial charge in [-0.2, -0.15) is 0 Å². The first-order valence-corrected chi connectivity index (χ1v) is 11.1. The van der Waals surface area contributed by atoms with E-state index in [9.17, 15) is 8.42 Å². The quantitative estimate of drug-likeness (QED) is 0.619. The van der Waals surface area contributed by atoms with E-state index < -0.39 is 21.6 Å². The summed E-state index contributed by atoms with van der Waals surface area (Å²) in [7, 11) is -2.24. The van der Waals surface area contributed by atoms with E-state index in [2.05, 4.69) is 0 Å².